The van der Waals surface area contributed by atoms with Crippen molar-refractivity contribution in [1.29, 1.82) is 0 Å². The van der Waals surface area contributed by atoms with Crippen molar-refractivity contribution in [2.45, 2.75) is 148 Å². The number of amides is 2. The number of alkyl carbamates (subject to hydrolysis) is 2. The number of unbranched alkanes of at least 4 members (excludes halogenated alkanes) is 15. The molecule has 0 aliphatic heterocycles. The minimum atomic E-state index is -3.56. The molecule has 45 heavy (non-hydrogen) atoms. The van der Waals surface area contributed by atoms with Crippen LogP contribution in [-0.4, -0.2) is 89.9 Å². The van der Waals surface area contributed by atoms with Gasteiger partial charge in [-0.15, -0.1) is 0 Å². The fourth-order valence-corrected chi connectivity index (χ4v) is 5.85. The molecule has 0 spiro atoms. The molecular weight excluding hydrogens is 707 g/mol. The second-order valence-electron chi connectivity index (χ2n) is 14.2. The maximum atomic E-state index is 12.5. The molecule has 1 atom stereocenters. The number of nitrogens with one attached hydrogen (secondary N) is 3. The summed E-state index contributed by atoms with van der Waals surface area (Å²) in [6.45, 7) is 8.40. The van der Waals surface area contributed by atoms with E-state index in [0.29, 0.717) is 24.0 Å². The van der Waals surface area contributed by atoms with Crippen molar-refractivity contribution < 1.29 is 55.9 Å². The monoisotopic (exact) mass is 776 g/mol. The normalized spacial score (nSPS) is 12.7. The third-order valence-corrected chi connectivity index (χ3v) is 8.66. The molecule has 0 rings (SSSR count). The Balaban J connectivity index is 0. The quantitative estimate of drug-likeness (QED) is 0.0662. The molecule has 0 radical (unpaired) electrons. The predicted molar refractivity (Wildman–Crippen MR) is 181 cm³/mol. The van der Waals surface area contributed by atoms with E-state index >= 15 is 0 Å². The Labute approximate surface area is 293 Å². The first-order valence-corrected chi connectivity index (χ1v) is 19.0. The van der Waals surface area contributed by atoms with E-state index < -0.39 is 33.9 Å². The van der Waals surface area contributed by atoms with Gasteiger partial charge in [0, 0.05) is 19.5 Å². The number of ether oxygens (including phenoxy) is 2. The van der Waals surface area contributed by atoms with Crippen LogP contribution in [0.1, 0.15) is 137 Å². The van der Waals surface area contributed by atoms with Gasteiger partial charge in [-0.25, -0.2) is 22.7 Å². The van der Waals surface area contributed by atoms with Gasteiger partial charge in [-0.2, -0.15) is 0 Å². The Morgan fingerprint density at radius 1 is 0.733 bits per heavy atom. The van der Waals surface area contributed by atoms with Crippen LogP contribution in [0.2, 0.25) is 0 Å². The summed E-state index contributed by atoms with van der Waals surface area (Å²) in [5.41, 5.74) is -0.718. The summed E-state index contributed by atoms with van der Waals surface area (Å²) in [5.74, 6) is -0.0255. The topological polar surface area (TPSA) is 123 Å². The first-order valence-electron chi connectivity index (χ1n) is 17.3. The molecule has 1 unspecified atom stereocenters. The van der Waals surface area contributed by atoms with Crippen LogP contribution in [0.3, 0.4) is 0 Å². The van der Waals surface area contributed by atoms with Crippen molar-refractivity contribution in [3.8, 4) is 0 Å². The van der Waals surface area contributed by atoms with Gasteiger partial charge in [0.15, 0.2) is 0 Å². The first-order chi connectivity index (χ1) is 20.6. The molecule has 0 aromatic rings. The van der Waals surface area contributed by atoms with E-state index in [1.807, 2.05) is 21.1 Å². The Kier molecular flexibility index (Phi) is 27.9. The van der Waals surface area contributed by atoms with Crippen LogP contribution in [0, 0.1) is 0 Å². The molecule has 0 heterocycles. The van der Waals surface area contributed by atoms with Crippen LogP contribution in [-0.2, 0) is 19.5 Å². The molecule has 3 N–H and O–H groups in total. The van der Waals surface area contributed by atoms with E-state index in [1.165, 1.54) is 83.5 Å². The van der Waals surface area contributed by atoms with Crippen LogP contribution >= 0.6 is 0 Å². The number of halogens is 1. The number of hydrogen-bond donors (Lipinski definition) is 3. The van der Waals surface area contributed by atoms with Crippen molar-refractivity contribution in [2.24, 2.45) is 0 Å². The molecule has 0 saturated heterocycles. The molecule has 10 nitrogen and oxygen atoms in total. The van der Waals surface area contributed by atoms with Gasteiger partial charge in [0.05, 0.1) is 39.5 Å². The highest BCUT2D eigenvalue weighted by Gasteiger charge is 2.23. The zero-order valence-electron chi connectivity index (χ0n) is 29.8. The van der Waals surface area contributed by atoms with E-state index in [4.69, 9.17) is 9.47 Å². The lowest BCUT2D eigenvalue weighted by atomic mass is 10.0. The Morgan fingerprint density at radius 3 is 1.64 bits per heavy atom. The van der Waals surface area contributed by atoms with Gasteiger partial charge in [-0.05, 0) is 27.2 Å². The fourth-order valence-electron chi connectivity index (χ4n) is 4.75. The van der Waals surface area contributed by atoms with Gasteiger partial charge < -0.3 is 48.6 Å². The number of carbonyl (C=O) groups is 2. The highest BCUT2D eigenvalue weighted by Crippen LogP contribution is 2.13. The maximum Gasteiger partial charge on any atom is 0.408 e. The van der Waals surface area contributed by atoms with Gasteiger partial charge >= 0.3 is 12.2 Å². The lowest BCUT2D eigenvalue weighted by Crippen LogP contribution is -3.00. The third kappa shape index (κ3) is 34.3. The van der Waals surface area contributed by atoms with Crippen molar-refractivity contribution in [1.82, 2.24) is 15.4 Å². The Morgan fingerprint density at radius 2 is 1.20 bits per heavy atom. The molecule has 0 aliphatic carbocycles. The van der Waals surface area contributed by atoms with Crippen molar-refractivity contribution in [2.75, 3.05) is 53.1 Å². The van der Waals surface area contributed by atoms with Gasteiger partial charge in [0.25, 0.3) is 0 Å². The SMILES string of the molecule is CCCCCCCCCCCCCCCCCCNC(=O)OCC(CNS(=O)(=O)CCC[N+](C)(C)C)NC(=O)OC(C)(C)C.[I-]. The summed E-state index contributed by atoms with van der Waals surface area (Å²) in [7, 11) is 2.45. The lowest BCUT2D eigenvalue weighted by Gasteiger charge is -2.24. The average Bonchev–Trinajstić information content (AvgIpc) is 2.90. The number of rotatable bonds is 27. The second kappa shape index (κ2) is 27.1. The highest BCUT2D eigenvalue weighted by molar-refractivity contribution is 7.89. The predicted octanol–water partition coefficient (Wildman–Crippen LogP) is 3.89. The smallest absolute Gasteiger partial charge is 0.408 e. The van der Waals surface area contributed by atoms with Gasteiger partial charge in [0.2, 0.25) is 10.0 Å². The van der Waals surface area contributed by atoms with Crippen LogP contribution in [0.4, 0.5) is 9.59 Å². The second-order valence-corrected chi connectivity index (χ2v) is 16.1. The number of sulfonamides is 1. The largest absolute Gasteiger partial charge is 1.00 e. The summed E-state index contributed by atoms with van der Waals surface area (Å²) in [4.78, 5) is 24.5. The summed E-state index contributed by atoms with van der Waals surface area (Å²) in [5, 5.41) is 5.36. The minimum Gasteiger partial charge on any atom is -1.00 e. The highest BCUT2D eigenvalue weighted by atomic mass is 127. The number of carbonyl (C=O) groups excluding carboxylic acids is 2. The maximum absolute atomic E-state index is 12.5. The van der Waals surface area contributed by atoms with E-state index in [1.54, 1.807) is 20.8 Å². The molecule has 0 aromatic carbocycles. The summed E-state index contributed by atoms with van der Waals surface area (Å²) < 4.78 is 38.7. The Hall–Kier alpha value is -0.860. The zero-order valence-corrected chi connectivity index (χ0v) is 32.8. The van der Waals surface area contributed by atoms with Crippen LogP contribution in [0.15, 0.2) is 0 Å². The number of hydrogen-bond acceptors (Lipinski definition) is 6. The third-order valence-electron chi connectivity index (χ3n) is 7.23. The van der Waals surface area contributed by atoms with Crippen LogP contribution < -0.4 is 39.3 Å². The summed E-state index contributed by atoms with van der Waals surface area (Å²) >= 11 is 0. The zero-order chi connectivity index (χ0) is 33.3. The molecule has 0 aliphatic rings. The minimum absolute atomic E-state index is 0. The number of nitrogens with zero attached hydrogens (tertiary/aromatic N) is 1. The molecule has 0 aromatic heterocycles. The summed E-state index contributed by atoms with van der Waals surface area (Å²) in [6, 6.07) is -0.778. The van der Waals surface area contributed by atoms with E-state index in [2.05, 4.69) is 22.3 Å². The van der Waals surface area contributed by atoms with Crippen LogP contribution in [0.5, 0.6) is 0 Å². The molecule has 12 heteroatoms. The lowest BCUT2D eigenvalue weighted by molar-refractivity contribution is -0.870. The van der Waals surface area contributed by atoms with Crippen molar-refractivity contribution in [3.05, 3.63) is 0 Å². The first kappa shape index (κ1) is 46.3. The van der Waals surface area contributed by atoms with Crippen LogP contribution in [0.25, 0.3) is 0 Å². The molecule has 0 saturated carbocycles. The van der Waals surface area contributed by atoms with Gasteiger partial charge in [0.1, 0.15) is 12.2 Å². The summed E-state index contributed by atoms with van der Waals surface area (Å²) in [6.07, 6.45) is 19.9. The van der Waals surface area contributed by atoms with E-state index in [-0.39, 0.29) is 42.9 Å². The van der Waals surface area contributed by atoms with Crippen molar-refractivity contribution >= 4 is 22.2 Å². The molecular formula is C33H69IN4O6S. The molecule has 270 valence electrons. The van der Waals surface area contributed by atoms with Crippen molar-refractivity contribution in [3.63, 3.8) is 0 Å². The molecule has 2 amide bonds. The van der Waals surface area contributed by atoms with Gasteiger partial charge in [-0.1, -0.05) is 103 Å². The average molecular weight is 777 g/mol. The Bertz CT molecular complexity index is 847. The number of quaternary nitrogens is 1. The standard InChI is InChI=1S/C33H68N4O6S.HI/c1-8-9-10-11-12-13-14-15-16-17-18-19-20-21-22-23-25-34-31(38)42-29-30(36-32(39)43-33(2,3)4)28-35-44(40,41)27-24-26-37(5,6)7;/h30,35H,8-29H2,1-7H3,(H-,34,36,38,39);1H. The van der Waals surface area contributed by atoms with E-state index in [0.717, 1.165) is 19.3 Å². The molecule has 0 fully saturated rings. The van der Waals surface area contributed by atoms with E-state index in [9.17, 15) is 18.0 Å². The molecule has 0 bridgehead atoms. The van der Waals surface area contributed by atoms with Gasteiger partial charge in [-0.3, -0.25) is 0 Å². The fraction of sp³-hybridized carbons (Fsp3) is 0.939.